The third kappa shape index (κ3) is 6.45. The van der Waals surface area contributed by atoms with E-state index in [0.717, 1.165) is 64.6 Å². The molecule has 0 saturated heterocycles. The number of benzene rings is 1. The van der Waals surface area contributed by atoms with Crippen molar-refractivity contribution in [2.75, 3.05) is 32.6 Å². The van der Waals surface area contributed by atoms with Crippen LogP contribution in [0.1, 0.15) is 54.9 Å². The zero-order chi connectivity index (χ0) is 27.6. The summed E-state index contributed by atoms with van der Waals surface area (Å²) in [5.74, 6) is 0.514. The summed E-state index contributed by atoms with van der Waals surface area (Å²) >= 11 is 4.95. The lowest BCUT2D eigenvalue weighted by Gasteiger charge is -2.33. The number of aryl methyl sites for hydroxylation is 1. The van der Waals surface area contributed by atoms with Crippen LogP contribution in [0.2, 0.25) is 0 Å². The first kappa shape index (κ1) is 28.4. The first-order valence-electron chi connectivity index (χ1n) is 13.3. The van der Waals surface area contributed by atoms with Crippen LogP contribution in [0.3, 0.4) is 0 Å². The highest BCUT2D eigenvalue weighted by atomic mass is 79.9. The van der Waals surface area contributed by atoms with E-state index in [4.69, 9.17) is 4.18 Å². The Bertz CT molecular complexity index is 1420. The van der Waals surface area contributed by atoms with Gasteiger partial charge in [-0.25, -0.2) is 9.97 Å². The first-order valence-corrected chi connectivity index (χ1v) is 16.4. The number of nitrogens with zero attached hydrogens (tertiary/aromatic N) is 3. The van der Waals surface area contributed by atoms with Crippen LogP contribution in [0, 0.1) is 0 Å². The van der Waals surface area contributed by atoms with Gasteiger partial charge in [-0.3, -0.25) is 8.98 Å². The Morgan fingerprint density at radius 3 is 2.59 bits per heavy atom. The monoisotopic (exact) mass is 635 g/mol. The van der Waals surface area contributed by atoms with Crippen molar-refractivity contribution < 1.29 is 17.4 Å². The number of carbonyl (C=O) groups is 1. The molecule has 1 atom stereocenters. The molecule has 2 aliphatic carbocycles. The van der Waals surface area contributed by atoms with Crippen molar-refractivity contribution in [3.63, 3.8) is 0 Å². The molecule has 1 aromatic carbocycles. The number of thiophene rings is 1. The van der Waals surface area contributed by atoms with Crippen LogP contribution in [0.15, 0.2) is 40.0 Å². The summed E-state index contributed by atoms with van der Waals surface area (Å²) in [5.41, 5.74) is 1.05. The highest BCUT2D eigenvalue weighted by Gasteiger charge is 2.34. The Labute approximate surface area is 242 Å². The fourth-order valence-electron chi connectivity index (χ4n) is 5.52. The largest absolute Gasteiger partial charge is 0.367 e. The summed E-state index contributed by atoms with van der Waals surface area (Å²) in [6.45, 7) is 0.327. The van der Waals surface area contributed by atoms with Crippen molar-refractivity contribution in [1.82, 2.24) is 20.2 Å². The van der Waals surface area contributed by atoms with Crippen molar-refractivity contribution in [3.05, 3.63) is 45.5 Å². The molecule has 0 aliphatic heterocycles. The minimum absolute atomic E-state index is 0.00600. The quantitative estimate of drug-likeness (QED) is 0.244. The van der Waals surface area contributed by atoms with E-state index in [1.165, 1.54) is 17.0 Å². The van der Waals surface area contributed by atoms with Crippen LogP contribution < -0.4 is 10.6 Å². The van der Waals surface area contributed by atoms with E-state index in [2.05, 4.69) is 55.5 Å². The first-order chi connectivity index (χ1) is 18.7. The molecule has 0 spiro atoms. The van der Waals surface area contributed by atoms with Crippen LogP contribution in [-0.2, 0) is 25.5 Å². The molecule has 2 aliphatic rings. The van der Waals surface area contributed by atoms with Crippen molar-refractivity contribution in [2.24, 2.45) is 0 Å². The third-order valence-corrected chi connectivity index (χ3v) is 10.7. The van der Waals surface area contributed by atoms with Crippen molar-refractivity contribution >= 4 is 59.3 Å². The second kappa shape index (κ2) is 12.2. The molecule has 210 valence electrons. The predicted molar refractivity (Wildman–Crippen MR) is 157 cm³/mol. The molecule has 12 heteroatoms. The lowest BCUT2D eigenvalue weighted by molar-refractivity contribution is -0.122. The minimum atomic E-state index is -3.83. The molecule has 1 unspecified atom stereocenters. The van der Waals surface area contributed by atoms with Gasteiger partial charge < -0.3 is 15.5 Å². The zero-order valence-electron chi connectivity index (χ0n) is 22.2. The van der Waals surface area contributed by atoms with Crippen molar-refractivity contribution in [2.45, 2.75) is 67.8 Å². The SMILES string of the molecule is CN(C)C1CCC(Nc2ncnc3sc4c(c23)C(C(=O)NCCCOS(=O)(=O)c2ccc(Br)cc2)CC4)CC1. The van der Waals surface area contributed by atoms with Gasteiger partial charge in [0, 0.05) is 28.0 Å². The Morgan fingerprint density at radius 2 is 1.87 bits per heavy atom. The van der Waals surface area contributed by atoms with Gasteiger partial charge >= 0.3 is 0 Å². The summed E-state index contributed by atoms with van der Waals surface area (Å²) in [6, 6.07) is 7.27. The van der Waals surface area contributed by atoms with Crippen LogP contribution >= 0.6 is 27.3 Å². The molecular formula is C27H34BrN5O4S2. The van der Waals surface area contributed by atoms with Crippen molar-refractivity contribution in [3.8, 4) is 0 Å². The molecule has 1 amide bonds. The average Bonchev–Trinajstić information content (AvgIpc) is 3.49. The Balaban J connectivity index is 1.19. The maximum atomic E-state index is 13.2. The topological polar surface area (TPSA) is 114 Å². The van der Waals surface area contributed by atoms with Gasteiger partial charge in [0.05, 0.1) is 22.8 Å². The van der Waals surface area contributed by atoms with Crippen LogP contribution in [0.5, 0.6) is 0 Å². The minimum Gasteiger partial charge on any atom is -0.367 e. The number of amides is 1. The van der Waals surface area contributed by atoms with E-state index >= 15 is 0 Å². The summed E-state index contributed by atoms with van der Waals surface area (Å²) in [5, 5.41) is 7.65. The number of halogens is 1. The third-order valence-electron chi connectivity index (χ3n) is 7.66. The number of hydrogen-bond donors (Lipinski definition) is 2. The molecule has 2 aromatic heterocycles. The summed E-state index contributed by atoms with van der Waals surface area (Å²) in [6.07, 6.45) is 8.07. The van der Waals surface area contributed by atoms with Gasteiger partial charge in [0.25, 0.3) is 10.1 Å². The van der Waals surface area contributed by atoms with E-state index in [1.54, 1.807) is 29.8 Å². The normalized spacial score (nSPS) is 21.3. The molecule has 1 saturated carbocycles. The van der Waals surface area contributed by atoms with E-state index < -0.39 is 10.1 Å². The van der Waals surface area contributed by atoms with Gasteiger partial charge in [-0.15, -0.1) is 11.3 Å². The number of fused-ring (bicyclic) bond motifs is 3. The summed E-state index contributed by atoms with van der Waals surface area (Å²) in [4.78, 5) is 26.9. The maximum Gasteiger partial charge on any atom is 0.296 e. The van der Waals surface area contributed by atoms with Gasteiger partial charge in [-0.05, 0) is 88.9 Å². The van der Waals surface area contributed by atoms with E-state index in [0.29, 0.717) is 25.0 Å². The Morgan fingerprint density at radius 1 is 1.13 bits per heavy atom. The standard InChI is InChI=1S/C27H34BrN5O4S2/c1-33(2)19-8-6-18(7-9-19)32-25-24-23-21(12-13-22(23)38-27(24)31-16-30-25)26(34)29-14-3-15-37-39(35,36)20-10-4-17(28)5-11-20/h4-5,10-11,16,18-19,21H,3,6-9,12-15H2,1-2H3,(H,29,34)(H,30,31,32). The van der Waals surface area contributed by atoms with Crippen LogP contribution in [-0.4, -0.2) is 68.5 Å². The molecule has 0 radical (unpaired) electrons. The molecule has 39 heavy (non-hydrogen) atoms. The summed E-state index contributed by atoms with van der Waals surface area (Å²) in [7, 11) is 0.458. The molecular weight excluding hydrogens is 602 g/mol. The van der Waals surface area contributed by atoms with Crippen LogP contribution in [0.25, 0.3) is 10.2 Å². The molecule has 0 bridgehead atoms. The average molecular weight is 637 g/mol. The smallest absolute Gasteiger partial charge is 0.296 e. The van der Waals surface area contributed by atoms with Gasteiger partial charge in [0.15, 0.2) is 0 Å². The van der Waals surface area contributed by atoms with E-state index in [-0.39, 0.29) is 23.3 Å². The summed E-state index contributed by atoms with van der Waals surface area (Å²) < 4.78 is 30.7. The molecule has 2 heterocycles. The number of nitrogens with one attached hydrogen (secondary N) is 2. The van der Waals surface area contributed by atoms with Crippen molar-refractivity contribution in [1.29, 1.82) is 0 Å². The van der Waals surface area contributed by atoms with E-state index in [1.807, 2.05) is 0 Å². The fourth-order valence-corrected chi connectivity index (χ4v) is 7.94. The number of rotatable bonds is 10. The lowest BCUT2D eigenvalue weighted by atomic mass is 9.90. The Kier molecular flexibility index (Phi) is 8.87. The molecule has 9 nitrogen and oxygen atoms in total. The van der Waals surface area contributed by atoms with Gasteiger partial charge in [0.1, 0.15) is 17.0 Å². The zero-order valence-corrected chi connectivity index (χ0v) is 25.4. The number of hydrogen-bond acceptors (Lipinski definition) is 9. The Hall–Kier alpha value is -2.12. The van der Waals surface area contributed by atoms with Gasteiger partial charge in [-0.1, -0.05) is 15.9 Å². The van der Waals surface area contributed by atoms with Gasteiger partial charge in [0.2, 0.25) is 5.91 Å². The van der Waals surface area contributed by atoms with Gasteiger partial charge in [-0.2, -0.15) is 8.42 Å². The highest BCUT2D eigenvalue weighted by Crippen LogP contribution is 2.45. The molecule has 1 fully saturated rings. The highest BCUT2D eigenvalue weighted by molar-refractivity contribution is 9.10. The second-order valence-corrected chi connectivity index (χ2v) is 14.0. The number of carbonyl (C=O) groups excluding carboxylic acids is 1. The molecule has 2 N–H and O–H groups in total. The molecule has 5 rings (SSSR count). The van der Waals surface area contributed by atoms with E-state index in [9.17, 15) is 13.2 Å². The fraction of sp³-hybridized carbons (Fsp3) is 0.519. The lowest BCUT2D eigenvalue weighted by Crippen LogP contribution is -2.36. The van der Waals surface area contributed by atoms with Crippen LogP contribution in [0.4, 0.5) is 5.82 Å². The second-order valence-electron chi connectivity index (χ2n) is 10.4. The predicted octanol–water partition coefficient (Wildman–Crippen LogP) is 4.68. The number of anilines is 1. The maximum absolute atomic E-state index is 13.2. The molecule has 3 aromatic rings. The number of aromatic nitrogens is 2.